The molecule has 0 fully saturated rings. The number of carbonyl (C=O) groups is 2. The molecule has 1 heterocycles. The van der Waals surface area contributed by atoms with Crippen LogP contribution in [0.25, 0.3) is 6.08 Å². The summed E-state index contributed by atoms with van der Waals surface area (Å²) in [4.78, 5) is 28.5. The molecule has 2 amide bonds. The predicted molar refractivity (Wildman–Crippen MR) is 109 cm³/mol. The zero-order chi connectivity index (χ0) is 21.0. The number of hydrogen-bond acceptors (Lipinski definition) is 3. The van der Waals surface area contributed by atoms with E-state index < -0.39 is 5.82 Å². The smallest absolute Gasteiger partial charge is 0.225 e. The SMILES string of the molecule is CCN(Cc1ccc(OC)c(F)c1)C(=O)C[C@H]1c2ccccc2C=CN1C(C)=O. The maximum atomic E-state index is 14.0. The van der Waals surface area contributed by atoms with Gasteiger partial charge in [-0.1, -0.05) is 30.3 Å². The number of rotatable bonds is 6. The average Bonchev–Trinajstić information content (AvgIpc) is 2.72. The third-order valence-electron chi connectivity index (χ3n) is 5.16. The van der Waals surface area contributed by atoms with Crippen LogP contribution in [-0.4, -0.2) is 35.3 Å². The minimum atomic E-state index is -0.456. The van der Waals surface area contributed by atoms with Crippen LogP contribution in [0.1, 0.15) is 43.0 Å². The van der Waals surface area contributed by atoms with E-state index in [1.165, 1.54) is 20.1 Å². The fourth-order valence-corrected chi connectivity index (χ4v) is 3.61. The van der Waals surface area contributed by atoms with Crippen LogP contribution in [0, 0.1) is 5.82 Å². The van der Waals surface area contributed by atoms with Gasteiger partial charge in [-0.2, -0.15) is 0 Å². The quantitative estimate of drug-likeness (QED) is 0.737. The Balaban J connectivity index is 1.80. The van der Waals surface area contributed by atoms with Gasteiger partial charge in [-0.15, -0.1) is 0 Å². The Morgan fingerprint density at radius 3 is 2.62 bits per heavy atom. The number of methoxy groups -OCH3 is 1. The number of benzene rings is 2. The highest BCUT2D eigenvalue weighted by atomic mass is 19.1. The summed E-state index contributed by atoms with van der Waals surface area (Å²) in [5.41, 5.74) is 2.64. The molecule has 152 valence electrons. The zero-order valence-electron chi connectivity index (χ0n) is 16.9. The number of amides is 2. The number of fused-ring (bicyclic) bond motifs is 1. The first-order valence-corrected chi connectivity index (χ1v) is 9.60. The van der Waals surface area contributed by atoms with E-state index in [0.29, 0.717) is 18.7 Å². The van der Waals surface area contributed by atoms with E-state index in [4.69, 9.17) is 4.74 Å². The molecule has 1 aliphatic heterocycles. The van der Waals surface area contributed by atoms with Crippen LogP contribution in [0.5, 0.6) is 5.75 Å². The Hall–Kier alpha value is -3.15. The number of halogens is 1. The molecule has 29 heavy (non-hydrogen) atoms. The number of hydrogen-bond donors (Lipinski definition) is 0. The lowest BCUT2D eigenvalue weighted by molar-refractivity contribution is -0.135. The molecule has 1 aliphatic rings. The molecule has 2 aromatic carbocycles. The molecule has 0 bridgehead atoms. The van der Waals surface area contributed by atoms with Gasteiger partial charge >= 0.3 is 0 Å². The number of ether oxygens (including phenoxy) is 1. The van der Waals surface area contributed by atoms with E-state index in [1.807, 2.05) is 37.3 Å². The molecule has 2 aromatic rings. The predicted octanol–water partition coefficient (Wildman–Crippen LogP) is 4.15. The molecule has 1 atom stereocenters. The average molecular weight is 396 g/mol. The van der Waals surface area contributed by atoms with Crippen LogP contribution in [-0.2, 0) is 16.1 Å². The van der Waals surface area contributed by atoms with E-state index in [0.717, 1.165) is 11.1 Å². The van der Waals surface area contributed by atoms with Gasteiger partial charge in [0.15, 0.2) is 11.6 Å². The molecular formula is C23H25FN2O3. The maximum Gasteiger partial charge on any atom is 0.225 e. The highest BCUT2D eigenvalue weighted by molar-refractivity contribution is 5.82. The van der Waals surface area contributed by atoms with Gasteiger partial charge < -0.3 is 14.5 Å². The summed E-state index contributed by atoms with van der Waals surface area (Å²) < 4.78 is 19.0. The van der Waals surface area contributed by atoms with Crippen molar-refractivity contribution in [2.45, 2.75) is 32.9 Å². The molecule has 0 aliphatic carbocycles. The molecule has 0 N–H and O–H groups in total. The second kappa shape index (κ2) is 8.90. The fourth-order valence-electron chi connectivity index (χ4n) is 3.61. The first kappa shape index (κ1) is 20.6. The van der Waals surface area contributed by atoms with Crippen LogP contribution in [0.4, 0.5) is 4.39 Å². The third kappa shape index (κ3) is 4.47. The van der Waals surface area contributed by atoms with Crippen molar-refractivity contribution in [3.8, 4) is 5.75 Å². The van der Waals surface area contributed by atoms with Crippen molar-refractivity contribution < 1.29 is 18.7 Å². The van der Waals surface area contributed by atoms with Crippen molar-refractivity contribution in [3.63, 3.8) is 0 Å². The Morgan fingerprint density at radius 2 is 1.97 bits per heavy atom. The lowest BCUT2D eigenvalue weighted by atomic mass is 9.93. The summed E-state index contributed by atoms with van der Waals surface area (Å²) in [5, 5.41) is 0. The Morgan fingerprint density at radius 1 is 1.21 bits per heavy atom. The lowest BCUT2D eigenvalue weighted by Crippen LogP contribution is -2.37. The van der Waals surface area contributed by atoms with Gasteiger partial charge in [0.1, 0.15) is 0 Å². The molecule has 0 saturated heterocycles. The minimum Gasteiger partial charge on any atom is -0.494 e. The first-order chi connectivity index (χ1) is 13.9. The fraction of sp³-hybridized carbons (Fsp3) is 0.304. The van der Waals surface area contributed by atoms with Gasteiger partial charge in [-0.3, -0.25) is 9.59 Å². The van der Waals surface area contributed by atoms with Crippen molar-refractivity contribution >= 4 is 17.9 Å². The van der Waals surface area contributed by atoms with Crippen LogP contribution in [0.3, 0.4) is 0 Å². The van der Waals surface area contributed by atoms with Crippen molar-refractivity contribution in [1.82, 2.24) is 9.80 Å². The van der Waals surface area contributed by atoms with Crippen molar-refractivity contribution in [2.75, 3.05) is 13.7 Å². The van der Waals surface area contributed by atoms with Gasteiger partial charge in [0.25, 0.3) is 0 Å². The molecule has 0 radical (unpaired) electrons. The van der Waals surface area contributed by atoms with E-state index in [2.05, 4.69) is 0 Å². The van der Waals surface area contributed by atoms with Gasteiger partial charge in [0.2, 0.25) is 11.8 Å². The second-order valence-corrected chi connectivity index (χ2v) is 6.97. The molecule has 3 rings (SSSR count). The summed E-state index contributed by atoms with van der Waals surface area (Å²) in [6.07, 6.45) is 3.78. The van der Waals surface area contributed by atoms with Crippen molar-refractivity contribution in [1.29, 1.82) is 0 Å². The monoisotopic (exact) mass is 396 g/mol. The number of nitrogens with zero attached hydrogens (tertiary/aromatic N) is 2. The molecule has 0 aromatic heterocycles. The molecule has 0 saturated carbocycles. The molecule has 5 nitrogen and oxygen atoms in total. The summed E-state index contributed by atoms with van der Waals surface area (Å²) >= 11 is 0. The third-order valence-corrected chi connectivity index (χ3v) is 5.16. The van der Waals surface area contributed by atoms with E-state index >= 15 is 0 Å². The van der Waals surface area contributed by atoms with Crippen LogP contribution in [0.15, 0.2) is 48.7 Å². The topological polar surface area (TPSA) is 49.9 Å². The van der Waals surface area contributed by atoms with Crippen LogP contribution in [0.2, 0.25) is 0 Å². The van der Waals surface area contributed by atoms with Crippen LogP contribution < -0.4 is 4.74 Å². The maximum absolute atomic E-state index is 14.0. The summed E-state index contributed by atoms with van der Waals surface area (Å²) in [6, 6.07) is 12.1. The molecule has 6 heteroatoms. The minimum absolute atomic E-state index is 0.0925. The Bertz CT molecular complexity index is 941. The highest BCUT2D eigenvalue weighted by Crippen LogP contribution is 2.33. The van der Waals surface area contributed by atoms with Crippen LogP contribution >= 0.6 is 0 Å². The van der Waals surface area contributed by atoms with E-state index in [-0.39, 0.29) is 30.0 Å². The Labute approximate surface area is 170 Å². The lowest BCUT2D eigenvalue weighted by Gasteiger charge is -2.33. The van der Waals surface area contributed by atoms with E-state index in [9.17, 15) is 14.0 Å². The summed E-state index contributed by atoms with van der Waals surface area (Å²) in [7, 11) is 1.41. The highest BCUT2D eigenvalue weighted by Gasteiger charge is 2.29. The second-order valence-electron chi connectivity index (χ2n) is 6.97. The largest absolute Gasteiger partial charge is 0.494 e. The van der Waals surface area contributed by atoms with Crippen molar-refractivity contribution in [3.05, 3.63) is 71.2 Å². The number of carbonyl (C=O) groups excluding carboxylic acids is 2. The van der Waals surface area contributed by atoms with Crippen molar-refractivity contribution in [2.24, 2.45) is 0 Å². The van der Waals surface area contributed by atoms with Gasteiger partial charge in [0.05, 0.1) is 19.6 Å². The Kier molecular flexibility index (Phi) is 6.32. The first-order valence-electron chi connectivity index (χ1n) is 9.60. The van der Waals surface area contributed by atoms with Gasteiger partial charge in [-0.25, -0.2) is 4.39 Å². The van der Waals surface area contributed by atoms with Gasteiger partial charge in [0, 0.05) is 26.2 Å². The molecule has 0 unspecified atom stereocenters. The standard InChI is InChI=1S/C23H25FN2O3/c1-4-25(15-17-9-10-22(29-3)20(24)13-17)23(28)14-21-19-8-6-5-7-18(19)11-12-26(21)16(2)27/h5-13,21H,4,14-15H2,1-3H3/t21-/m0/s1. The zero-order valence-corrected chi connectivity index (χ0v) is 16.9. The normalized spacial score (nSPS) is 15.0. The summed E-state index contributed by atoms with van der Waals surface area (Å²) in [5.74, 6) is -0.493. The molecule has 0 spiro atoms. The van der Waals surface area contributed by atoms with E-state index in [1.54, 1.807) is 28.1 Å². The molecular weight excluding hydrogens is 371 g/mol. The van der Waals surface area contributed by atoms with Gasteiger partial charge in [-0.05, 0) is 41.8 Å². The summed E-state index contributed by atoms with van der Waals surface area (Å²) in [6.45, 7) is 4.15.